The molecule has 0 unspecified atom stereocenters. The largest absolute Gasteiger partial charge is 0.502 e. The number of ether oxygens (including phenoxy) is 1. The molecule has 110 valence electrons. The van der Waals surface area contributed by atoms with Crippen LogP contribution < -0.4 is 4.74 Å². The molecule has 0 saturated carbocycles. The van der Waals surface area contributed by atoms with Crippen LogP contribution in [0.4, 0.5) is 5.69 Å². The fourth-order valence-corrected chi connectivity index (χ4v) is 2.26. The molecule has 2 aromatic carbocycles. The summed E-state index contributed by atoms with van der Waals surface area (Å²) in [4.78, 5) is 22.5. The molecule has 0 atom stereocenters. The molecule has 1 aliphatic rings. The van der Waals surface area contributed by atoms with Gasteiger partial charge in [0.05, 0.1) is 10.5 Å². The molecule has 0 radical (unpaired) electrons. The van der Waals surface area contributed by atoms with E-state index in [4.69, 9.17) is 4.74 Å². The molecule has 0 fully saturated rings. The summed E-state index contributed by atoms with van der Waals surface area (Å²) in [7, 11) is 0. The maximum atomic E-state index is 12.4. The van der Waals surface area contributed by atoms with Crippen LogP contribution in [0.5, 0.6) is 11.5 Å². The average Bonchev–Trinajstić information content (AvgIpc) is 2.52. The Bertz CT molecular complexity index is 810. The van der Waals surface area contributed by atoms with Crippen molar-refractivity contribution >= 4 is 17.5 Å². The van der Waals surface area contributed by atoms with E-state index in [0.717, 1.165) is 0 Å². The van der Waals surface area contributed by atoms with Crippen LogP contribution in [0.1, 0.15) is 15.9 Å². The van der Waals surface area contributed by atoms with Gasteiger partial charge in [-0.1, -0.05) is 18.2 Å². The monoisotopic (exact) mass is 297 g/mol. The van der Waals surface area contributed by atoms with Gasteiger partial charge >= 0.3 is 5.69 Å². The zero-order valence-corrected chi connectivity index (χ0v) is 11.4. The average molecular weight is 297 g/mol. The maximum Gasteiger partial charge on any atom is 0.311 e. The molecule has 22 heavy (non-hydrogen) atoms. The summed E-state index contributed by atoms with van der Waals surface area (Å²) >= 11 is 0. The van der Waals surface area contributed by atoms with Gasteiger partial charge in [0.25, 0.3) is 0 Å². The maximum absolute atomic E-state index is 12.4. The molecule has 1 N–H and O–H groups in total. The van der Waals surface area contributed by atoms with Gasteiger partial charge in [-0.3, -0.25) is 14.9 Å². The number of benzene rings is 2. The van der Waals surface area contributed by atoms with Crippen LogP contribution in [0.25, 0.3) is 6.08 Å². The number of hydrogen-bond acceptors (Lipinski definition) is 5. The van der Waals surface area contributed by atoms with E-state index >= 15 is 0 Å². The standard InChI is InChI=1S/C16H11NO5/c18-14-6-5-10(8-13(14)17(20)21)7-11-9-22-15-4-2-1-3-12(15)16(11)19/h1-8,18H,9H2/b11-7-. The van der Waals surface area contributed by atoms with Gasteiger partial charge < -0.3 is 9.84 Å². The number of nitro groups is 1. The number of Topliss-reactive ketones (excluding diaryl/α,β-unsaturated/α-hetero) is 1. The van der Waals surface area contributed by atoms with Crippen molar-refractivity contribution in [3.8, 4) is 11.5 Å². The summed E-state index contributed by atoms with van der Waals surface area (Å²) in [6.45, 7) is 0.102. The topological polar surface area (TPSA) is 89.7 Å². The van der Waals surface area contributed by atoms with Crippen molar-refractivity contribution in [1.29, 1.82) is 0 Å². The second-order valence-electron chi connectivity index (χ2n) is 4.79. The van der Waals surface area contributed by atoms with Gasteiger partial charge in [0.2, 0.25) is 0 Å². The van der Waals surface area contributed by atoms with Gasteiger partial charge in [-0.25, -0.2) is 0 Å². The SMILES string of the molecule is O=C1/C(=C\c2ccc(O)c([N+](=O)[O-])c2)COc2ccccc21. The number of nitro benzene ring substituents is 1. The first kappa shape index (κ1) is 13.8. The first-order valence-electron chi connectivity index (χ1n) is 6.51. The highest BCUT2D eigenvalue weighted by Gasteiger charge is 2.23. The number of carbonyl (C=O) groups is 1. The smallest absolute Gasteiger partial charge is 0.311 e. The lowest BCUT2D eigenvalue weighted by molar-refractivity contribution is -0.385. The summed E-state index contributed by atoms with van der Waals surface area (Å²) in [5.41, 5.74) is 0.918. The van der Waals surface area contributed by atoms with Gasteiger partial charge in [0, 0.05) is 11.6 Å². The van der Waals surface area contributed by atoms with E-state index < -0.39 is 16.4 Å². The lowest BCUT2D eigenvalue weighted by Gasteiger charge is -2.18. The molecule has 0 bridgehead atoms. The first-order chi connectivity index (χ1) is 10.6. The Balaban J connectivity index is 1.99. The van der Waals surface area contributed by atoms with Crippen molar-refractivity contribution in [3.63, 3.8) is 0 Å². The molecule has 0 amide bonds. The van der Waals surface area contributed by atoms with Crippen LogP contribution in [0.2, 0.25) is 0 Å². The summed E-state index contributed by atoms with van der Waals surface area (Å²) in [6.07, 6.45) is 1.53. The van der Waals surface area contributed by atoms with Crippen LogP contribution >= 0.6 is 0 Å². The summed E-state index contributed by atoms with van der Waals surface area (Å²) in [5, 5.41) is 20.3. The van der Waals surface area contributed by atoms with Crippen LogP contribution in [0.15, 0.2) is 48.0 Å². The lowest BCUT2D eigenvalue weighted by atomic mass is 9.98. The zero-order valence-electron chi connectivity index (χ0n) is 11.4. The minimum absolute atomic E-state index is 0.102. The highest BCUT2D eigenvalue weighted by molar-refractivity contribution is 6.14. The predicted octanol–water partition coefficient (Wildman–Crippen LogP) is 2.96. The fourth-order valence-electron chi connectivity index (χ4n) is 2.26. The highest BCUT2D eigenvalue weighted by atomic mass is 16.6. The number of carbonyl (C=O) groups excluding carboxylic acids is 1. The minimum atomic E-state index is -0.675. The van der Waals surface area contributed by atoms with Gasteiger partial charge in [-0.15, -0.1) is 0 Å². The van der Waals surface area contributed by atoms with Gasteiger partial charge in [0.15, 0.2) is 11.5 Å². The number of para-hydroxylation sites is 1. The number of hydrogen-bond donors (Lipinski definition) is 1. The number of phenolic OH excluding ortho intramolecular Hbond substituents is 1. The van der Waals surface area contributed by atoms with Crippen LogP contribution in [0.3, 0.4) is 0 Å². The van der Waals surface area contributed by atoms with Crippen molar-refractivity contribution in [2.24, 2.45) is 0 Å². The van der Waals surface area contributed by atoms with E-state index in [1.165, 1.54) is 24.3 Å². The molecule has 3 rings (SSSR count). The van der Waals surface area contributed by atoms with Gasteiger partial charge in [-0.05, 0) is 29.8 Å². The second-order valence-corrected chi connectivity index (χ2v) is 4.79. The van der Waals surface area contributed by atoms with Crippen molar-refractivity contribution in [2.75, 3.05) is 6.61 Å². The van der Waals surface area contributed by atoms with E-state index in [1.54, 1.807) is 24.3 Å². The van der Waals surface area contributed by atoms with Crippen LogP contribution in [-0.2, 0) is 0 Å². The van der Waals surface area contributed by atoms with E-state index in [2.05, 4.69) is 0 Å². The van der Waals surface area contributed by atoms with Crippen LogP contribution in [0, 0.1) is 10.1 Å². The number of fused-ring (bicyclic) bond motifs is 1. The number of ketones is 1. The molecule has 6 nitrogen and oxygen atoms in total. The summed E-state index contributed by atoms with van der Waals surface area (Å²) in [6, 6.07) is 10.9. The normalized spacial score (nSPS) is 15.3. The first-order valence-corrected chi connectivity index (χ1v) is 6.51. The summed E-state index contributed by atoms with van der Waals surface area (Å²) < 4.78 is 5.51. The molecule has 0 saturated heterocycles. The van der Waals surface area contributed by atoms with Crippen molar-refractivity contribution in [3.05, 3.63) is 69.3 Å². The van der Waals surface area contributed by atoms with Crippen molar-refractivity contribution in [2.45, 2.75) is 0 Å². The van der Waals surface area contributed by atoms with Gasteiger partial charge in [0.1, 0.15) is 12.4 Å². The number of nitrogens with zero attached hydrogens (tertiary/aromatic N) is 1. The molecular formula is C16H11NO5. The quantitative estimate of drug-likeness (QED) is 0.523. The van der Waals surface area contributed by atoms with Crippen LogP contribution in [-0.4, -0.2) is 22.4 Å². The van der Waals surface area contributed by atoms with E-state index in [0.29, 0.717) is 22.4 Å². The molecule has 6 heteroatoms. The number of rotatable bonds is 2. The Morgan fingerprint density at radius 2 is 2.00 bits per heavy atom. The third-order valence-electron chi connectivity index (χ3n) is 3.34. The van der Waals surface area contributed by atoms with Crippen molar-refractivity contribution < 1.29 is 19.6 Å². The molecule has 2 aromatic rings. The Hall–Kier alpha value is -3.15. The van der Waals surface area contributed by atoms with Crippen molar-refractivity contribution in [1.82, 2.24) is 0 Å². The molecule has 0 spiro atoms. The highest BCUT2D eigenvalue weighted by Crippen LogP contribution is 2.30. The number of phenols is 1. The van der Waals surface area contributed by atoms with E-state index in [1.807, 2.05) is 0 Å². The molecule has 0 aliphatic carbocycles. The Labute approximate surface area is 125 Å². The molecule has 1 heterocycles. The van der Waals surface area contributed by atoms with E-state index in [9.17, 15) is 20.0 Å². The molecule has 1 aliphatic heterocycles. The second kappa shape index (κ2) is 5.33. The Morgan fingerprint density at radius 1 is 1.23 bits per heavy atom. The molecule has 0 aromatic heterocycles. The predicted molar refractivity (Wildman–Crippen MR) is 79.0 cm³/mol. The Morgan fingerprint density at radius 3 is 2.77 bits per heavy atom. The van der Waals surface area contributed by atoms with Gasteiger partial charge in [-0.2, -0.15) is 0 Å². The molecular weight excluding hydrogens is 286 g/mol. The number of aromatic hydroxyl groups is 1. The third kappa shape index (κ3) is 2.42. The summed E-state index contributed by atoms with van der Waals surface area (Å²) in [5.74, 6) is -0.0531. The third-order valence-corrected chi connectivity index (χ3v) is 3.34. The Kier molecular flexibility index (Phi) is 3.34. The van der Waals surface area contributed by atoms with E-state index in [-0.39, 0.29) is 12.4 Å². The minimum Gasteiger partial charge on any atom is -0.502 e. The lowest BCUT2D eigenvalue weighted by Crippen LogP contribution is -2.18. The fraction of sp³-hybridized carbons (Fsp3) is 0.0625. The zero-order chi connectivity index (χ0) is 15.7.